The summed E-state index contributed by atoms with van der Waals surface area (Å²) in [5.41, 5.74) is 1.85. The van der Waals surface area contributed by atoms with E-state index in [0.717, 1.165) is 48.6 Å². The average molecular weight is 450 g/mol. The summed E-state index contributed by atoms with van der Waals surface area (Å²) in [6.45, 7) is 4.45. The van der Waals surface area contributed by atoms with Crippen LogP contribution >= 0.6 is 11.3 Å². The van der Waals surface area contributed by atoms with Crippen LogP contribution in [0.1, 0.15) is 71.1 Å². The molecule has 1 aromatic carbocycles. The molecule has 0 spiro atoms. The molecule has 0 radical (unpaired) electrons. The van der Waals surface area contributed by atoms with E-state index >= 15 is 0 Å². The lowest BCUT2D eigenvalue weighted by atomic mass is 10.1. The molecule has 2 aromatic rings. The lowest BCUT2D eigenvalue weighted by Gasteiger charge is -2.19. The third-order valence-corrected chi connectivity index (χ3v) is 8.38. The largest absolute Gasteiger partial charge is 0.362 e. The van der Waals surface area contributed by atoms with Gasteiger partial charge in [-0.05, 0) is 31.4 Å². The summed E-state index contributed by atoms with van der Waals surface area (Å²) in [4.78, 5) is 5.05. The van der Waals surface area contributed by atoms with Crippen molar-refractivity contribution >= 4 is 26.5 Å². The Hall–Kier alpha value is -1.44. The predicted molar refractivity (Wildman–Crippen MR) is 127 cm³/mol. The lowest BCUT2D eigenvalue weighted by molar-refractivity contribution is 0.424. The second-order valence-electron chi connectivity index (χ2n) is 8.08. The van der Waals surface area contributed by atoms with E-state index in [1.807, 2.05) is 17.5 Å². The van der Waals surface area contributed by atoms with Crippen molar-refractivity contribution < 1.29 is 8.42 Å². The van der Waals surface area contributed by atoms with Gasteiger partial charge >= 0.3 is 0 Å². The van der Waals surface area contributed by atoms with Crippen molar-refractivity contribution in [2.45, 2.75) is 76.0 Å². The number of hydrogen-bond acceptors (Lipinski definition) is 5. The highest BCUT2D eigenvalue weighted by atomic mass is 32.2. The number of nitrogens with zero attached hydrogens (tertiary/aromatic N) is 2. The van der Waals surface area contributed by atoms with E-state index in [0.29, 0.717) is 18.0 Å². The molecule has 1 fully saturated rings. The molecule has 166 valence electrons. The summed E-state index contributed by atoms with van der Waals surface area (Å²) in [5, 5.41) is 6.38. The molecule has 1 N–H and O–H groups in total. The lowest BCUT2D eigenvalue weighted by Crippen LogP contribution is -2.31. The van der Waals surface area contributed by atoms with Crippen molar-refractivity contribution in [1.29, 1.82) is 0 Å². The van der Waals surface area contributed by atoms with Crippen LogP contribution in [0, 0.1) is 0 Å². The highest BCUT2D eigenvalue weighted by molar-refractivity contribution is 7.89. The molecule has 0 bridgehead atoms. The van der Waals surface area contributed by atoms with Crippen LogP contribution in [0.3, 0.4) is 0 Å². The van der Waals surface area contributed by atoms with Gasteiger partial charge in [-0.15, -0.1) is 11.3 Å². The molecular weight excluding hydrogens is 414 g/mol. The van der Waals surface area contributed by atoms with Gasteiger partial charge in [0.25, 0.3) is 0 Å². The van der Waals surface area contributed by atoms with Crippen molar-refractivity contribution in [2.24, 2.45) is 0 Å². The third kappa shape index (κ3) is 6.53. The van der Waals surface area contributed by atoms with E-state index in [-0.39, 0.29) is 0 Å². The molecular formula is C23H35N3O2S2. The zero-order valence-corrected chi connectivity index (χ0v) is 19.7. The summed E-state index contributed by atoms with van der Waals surface area (Å²) in [5.74, 6) is 0. The van der Waals surface area contributed by atoms with Crippen LogP contribution in [-0.2, 0) is 10.0 Å². The van der Waals surface area contributed by atoms with E-state index < -0.39 is 10.0 Å². The number of hydrogen-bond donors (Lipinski definition) is 1. The van der Waals surface area contributed by atoms with Crippen LogP contribution in [-0.4, -0.2) is 37.3 Å². The Bertz CT molecular complexity index is 855. The van der Waals surface area contributed by atoms with Crippen molar-refractivity contribution in [1.82, 2.24) is 9.29 Å². The quantitative estimate of drug-likeness (QED) is 0.418. The number of anilines is 1. The maximum Gasteiger partial charge on any atom is 0.243 e. The first-order valence-electron chi connectivity index (χ1n) is 11.4. The third-order valence-electron chi connectivity index (χ3n) is 5.66. The summed E-state index contributed by atoms with van der Waals surface area (Å²) in [7, 11) is -3.40. The van der Waals surface area contributed by atoms with Crippen molar-refractivity contribution in [3.05, 3.63) is 29.6 Å². The molecule has 0 saturated carbocycles. The fourth-order valence-corrected chi connectivity index (χ4v) is 6.08. The maximum absolute atomic E-state index is 12.9. The monoisotopic (exact) mass is 449 g/mol. The molecule has 1 aliphatic heterocycles. The number of unbranched alkanes of at least 4 members (excludes halogenated alkanes) is 5. The molecule has 1 aromatic heterocycles. The second kappa shape index (κ2) is 11.8. The number of sulfonamides is 1. The Kier molecular flexibility index (Phi) is 9.15. The number of rotatable bonds is 11. The Balaban J connectivity index is 1.54. The van der Waals surface area contributed by atoms with Gasteiger partial charge in [-0.3, -0.25) is 0 Å². The van der Waals surface area contributed by atoms with Crippen molar-refractivity contribution in [3.8, 4) is 11.3 Å². The minimum atomic E-state index is -3.40. The van der Waals surface area contributed by atoms with Crippen LogP contribution in [0.4, 0.5) is 5.13 Å². The van der Waals surface area contributed by atoms with Crippen LogP contribution in [0.15, 0.2) is 34.5 Å². The van der Waals surface area contributed by atoms with Crippen molar-refractivity contribution in [3.63, 3.8) is 0 Å². The zero-order valence-electron chi connectivity index (χ0n) is 18.1. The second-order valence-corrected chi connectivity index (χ2v) is 10.9. The molecule has 5 nitrogen and oxygen atoms in total. The first kappa shape index (κ1) is 23.2. The van der Waals surface area contributed by atoms with Crippen LogP contribution in [0.2, 0.25) is 0 Å². The van der Waals surface area contributed by atoms with Gasteiger partial charge in [0.1, 0.15) is 0 Å². The zero-order chi connectivity index (χ0) is 21.2. The van der Waals surface area contributed by atoms with Gasteiger partial charge in [-0.25, -0.2) is 13.4 Å². The average Bonchev–Trinajstić information content (AvgIpc) is 3.05. The van der Waals surface area contributed by atoms with Crippen LogP contribution < -0.4 is 5.32 Å². The van der Waals surface area contributed by atoms with Crippen molar-refractivity contribution in [2.75, 3.05) is 25.0 Å². The van der Waals surface area contributed by atoms with E-state index in [4.69, 9.17) is 0 Å². The molecule has 0 amide bonds. The molecule has 30 heavy (non-hydrogen) atoms. The molecule has 1 aliphatic rings. The summed E-state index contributed by atoms with van der Waals surface area (Å²) >= 11 is 1.60. The number of benzene rings is 1. The number of nitrogens with one attached hydrogen (secondary N) is 1. The van der Waals surface area contributed by atoms with E-state index in [2.05, 4.69) is 17.2 Å². The number of aromatic nitrogens is 1. The Morgan fingerprint density at radius 3 is 2.33 bits per heavy atom. The fourth-order valence-electron chi connectivity index (χ4n) is 3.82. The molecule has 7 heteroatoms. The van der Waals surface area contributed by atoms with E-state index in [1.54, 1.807) is 27.8 Å². The molecule has 3 rings (SSSR count). The first-order valence-corrected chi connectivity index (χ1v) is 13.7. The summed E-state index contributed by atoms with van der Waals surface area (Å²) in [6.07, 6.45) is 11.8. The van der Waals surface area contributed by atoms with Gasteiger partial charge in [0.2, 0.25) is 10.0 Å². The summed E-state index contributed by atoms with van der Waals surface area (Å²) < 4.78 is 27.5. The van der Waals surface area contributed by atoms with Gasteiger partial charge in [0.05, 0.1) is 10.6 Å². The maximum atomic E-state index is 12.9. The highest BCUT2D eigenvalue weighted by Gasteiger charge is 2.25. The van der Waals surface area contributed by atoms with E-state index in [1.165, 1.54) is 38.5 Å². The van der Waals surface area contributed by atoms with Crippen LogP contribution in [0.5, 0.6) is 0 Å². The SMILES string of the molecule is CCCCCCCCNc1nc(-c2ccc(S(=O)(=O)N3CCCCCC3)cc2)cs1. The Morgan fingerprint density at radius 1 is 0.967 bits per heavy atom. The standard InChI is InChI=1S/C23H35N3O2S2/c1-2-3-4-5-6-9-16-24-23-25-22(19-29-23)20-12-14-21(15-13-20)30(27,28)26-17-10-7-8-11-18-26/h12-15,19H,2-11,16-18H2,1H3,(H,24,25). The van der Waals surface area contributed by atoms with Crippen LogP contribution in [0.25, 0.3) is 11.3 Å². The number of thiazole rings is 1. The predicted octanol–water partition coefficient (Wildman–Crippen LogP) is 6.15. The Morgan fingerprint density at radius 2 is 1.63 bits per heavy atom. The molecule has 0 atom stereocenters. The highest BCUT2D eigenvalue weighted by Crippen LogP contribution is 2.27. The normalized spacial score (nSPS) is 15.8. The van der Waals surface area contributed by atoms with Gasteiger partial charge in [0, 0.05) is 30.6 Å². The molecule has 1 saturated heterocycles. The minimum Gasteiger partial charge on any atom is -0.362 e. The molecule has 0 aliphatic carbocycles. The van der Waals surface area contributed by atoms with E-state index in [9.17, 15) is 8.42 Å². The van der Waals surface area contributed by atoms with Gasteiger partial charge < -0.3 is 5.32 Å². The van der Waals surface area contributed by atoms with Gasteiger partial charge in [-0.1, -0.05) is 64.0 Å². The van der Waals surface area contributed by atoms with Gasteiger partial charge in [-0.2, -0.15) is 4.31 Å². The van der Waals surface area contributed by atoms with Gasteiger partial charge in [0.15, 0.2) is 5.13 Å². The molecule has 2 heterocycles. The Labute approximate surface area is 186 Å². The first-order chi connectivity index (χ1) is 14.6. The topological polar surface area (TPSA) is 62.3 Å². The fraction of sp³-hybridized carbons (Fsp3) is 0.609. The summed E-state index contributed by atoms with van der Waals surface area (Å²) in [6, 6.07) is 7.19. The smallest absolute Gasteiger partial charge is 0.243 e. The minimum absolute atomic E-state index is 0.379. The molecule has 0 unspecified atom stereocenters.